The number of aromatic carboxylic acids is 1. The number of anilines is 1. The Hall–Kier alpha value is -1.58. The summed E-state index contributed by atoms with van der Waals surface area (Å²) in [7, 11) is 0. The fourth-order valence-corrected chi connectivity index (χ4v) is 1.72. The molecule has 4 nitrogen and oxygen atoms in total. The van der Waals surface area contributed by atoms with Gasteiger partial charge in [0.1, 0.15) is 5.56 Å². The monoisotopic (exact) mass is 222 g/mol. The average molecular weight is 222 g/mol. The van der Waals surface area contributed by atoms with Gasteiger partial charge < -0.3 is 10.4 Å². The number of aromatic nitrogens is 1. The first kappa shape index (κ1) is 12.5. The third-order valence-corrected chi connectivity index (χ3v) is 2.28. The molecule has 0 fully saturated rings. The molecule has 1 unspecified atom stereocenters. The zero-order chi connectivity index (χ0) is 12.1. The van der Waals surface area contributed by atoms with Crippen molar-refractivity contribution in [2.45, 2.75) is 33.2 Å². The standard InChI is InChI=1S/C12H18N2O2/c1-8(2)6-9(3)14-11-4-5-13-7-10(11)12(15)16/h4-5,7-9H,6H2,1-3H3,(H,13,14)(H,15,16). The first-order valence-corrected chi connectivity index (χ1v) is 5.44. The molecule has 88 valence electrons. The minimum atomic E-state index is -0.952. The summed E-state index contributed by atoms with van der Waals surface area (Å²) in [5.41, 5.74) is 0.855. The van der Waals surface area contributed by atoms with Crippen LogP contribution in [0.25, 0.3) is 0 Å². The molecule has 0 amide bonds. The number of rotatable bonds is 5. The molecule has 0 bridgehead atoms. The van der Waals surface area contributed by atoms with Crippen LogP contribution in [0.15, 0.2) is 18.5 Å². The van der Waals surface area contributed by atoms with Crippen molar-refractivity contribution >= 4 is 11.7 Å². The van der Waals surface area contributed by atoms with Crippen LogP contribution in [0.2, 0.25) is 0 Å². The predicted octanol–water partition coefficient (Wildman–Crippen LogP) is 2.63. The first-order valence-electron chi connectivity index (χ1n) is 5.44. The highest BCUT2D eigenvalue weighted by Gasteiger charge is 2.12. The van der Waals surface area contributed by atoms with E-state index in [0.29, 0.717) is 11.6 Å². The van der Waals surface area contributed by atoms with Crippen molar-refractivity contribution in [3.05, 3.63) is 24.0 Å². The fraction of sp³-hybridized carbons (Fsp3) is 0.500. The maximum Gasteiger partial charge on any atom is 0.339 e. The zero-order valence-corrected chi connectivity index (χ0v) is 9.90. The molecule has 0 aliphatic carbocycles. The predicted molar refractivity (Wildman–Crippen MR) is 63.7 cm³/mol. The van der Waals surface area contributed by atoms with Gasteiger partial charge in [-0.2, -0.15) is 0 Å². The minimum absolute atomic E-state index is 0.220. The van der Waals surface area contributed by atoms with Crippen LogP contribution in [0.1, 0.15) is 37.6 Å². The molecule has 0 saturated heterocycles. The second-order valence-electron chi connectivity index (χ2n) is 4.40. The molecule has 0 saturated carbocycles. The number of pyridine rings is 1. The first-order chi connectivity index (χ1) is 7.50. The van der Waals surface area contributed by atoms with Crippen molar-refractivity contribution in [3.8, 4) is 0 Å². The Labute approximate surface area is 95.7 Å². The molecule has 1 aromatic rings. The van der Waals surface area contributed by atoms with Crippen LogP contribution in [0.5, 0.6) is 0 Å². The molecular weight excluding hydrogens is 204 g/mol. The molecule has 0 radical (unpaired) electrons. The van der Waals surface area contributed by atoms with E-state index in [1.807, 2.05) is 6.92 Å². The number of nitrogens with zero attached hydrogens (tertiary/aromatic N) is 1. The summed E-state index contributed by atoms with van der Waals surface area (Å²) in [6.07, 6.45) is 3.96. The Bertz CT molecular complexity index is 364. The lowest BCUT2D eigenvalue weighted by Gasteiger charge is -2.18. The highest BCUT2D eigenvalue weighted by Crippen LogP contribution is 2.16. The maximum absolute atomic E-state index is 10.9. The highest BCUT2D eigenvalue weighted by molar-refractivity contribution is 5.93. The van der Waals surface area contributed by atoms with Gasteiger partial charge in [-0.1, -0.05) is 13.8 Å². The van der Waals surface area contributed by atoms with E-state index in [0.717, 1.165) is 6.42 Å². The van der Waals surface area contributed by atoms with E-state index in [1.54, 1.807) is 12.3 Å². The van der Waals surface area contributed by atoms with E-state index in [4.69, 9.17) is 5.11 Å². The van der Waals surface area contributed by atoms with Gasteiger partial charge in [-0.15, -0.1) is 0 Å². The molecule has 1 heterocycles. The summed E-state index contributed by atoms with van der Waals surface area (Å²) in [5, 5.41) is 12.2. The Morgan fingerprint density at radius 3 is 2.75 bits per heavy atom. The van der Waals surface area contributed by atoms with E-state index in [9.17, 15) is 4.79 Å². The van der Waals surface area contributed by atoms with Crippen molar-refractivity contribution in [1.29, 1.82) is 0 Å². The van der Waals surface area contributed by atoms with E-state index in [1.165, 1.54) is 6.20 Å². The van der Waals surface area contributed by atoms with E-state index in [2.05, 4.69) is 24.1 Å². The van der Waals surface area contributed by atoms with Gasteiger partial charge in [-0.25, -0.2) is 4.79 Å². The summed E-state index contributed by atoms with van der Waals surface area (Å²) in [5.74, 6) is -0.370. The average Bonchev–Trinajstić information content (AvgIpc) is 2.16. The molecule has 0 aliphatic rings. The van der Waals surface area contributed by atoms with Crippen molar-refractivity contribution in [2.24, 2.45) is 5.92 Å². The quantitative estimate of drug-likeness (QED) is 0.804. The number of carboxylic acids is 1. The Morgan fingerprint density at radius 2 is 2.19 bits per heavy atom. The van der Waals surface area contributed by atoms with Crippen molar-refractivity contribution < 1.29 is 9.90 Å². The van der Waals surface area contributed by atoms with Crippen molar-refractivity contribution in [2.75, 3.05) is 5.32 Å². The lowest BCUT2D eigenvalue weighted by atomic mass is 10.0. The van der Waals surface area contributed by atoms with Gasteiger partial charge in [0, 0.05) is 18.4 Å². The normalized spacial score (nSPS) is 12.5. The number of carbonyl (C=O) groups is 1. The number of carboxylic acid groups (broad SMARTS) is 1. The van der Waals surface area contributed by atoms with Gasteiger partial charge in [0.25, 0.3) is 0 Å². The number of hydrogen-bond donors (Lipinski definition) is 2. The summed E-state index contributed by atoms with van der Waals surface area (Å²) < 4.78 is 0. The van der Waals surface area contributed by atoms with Crippen LogP contribution in [-0.4, -0.2) is 22.1 Å². The Morgan fingerprint density at radius 1 is 1.50 bits per heavy atom. The summed E-state index contributed by atoms with van der Waals surface area (Å²) >= 11 is 0. The second-order valence-corrected chi connectivity index (χ2v) is 4.40. The van der Waals surface area contributed by atoms with E-state index in [-0.39, 0.29) is 11.6 Å². The molecule has 1 aromatic heterocycles. The molecule has 16 heavy (non-hydrogen) atoms. The van der Waals surface area contributed by atoms with Gasteiger partial charge in [0.2, 0.25) is 0 Å². The summed E-state index contributed by atoms with van der Waals surface area (Å²) in [6.45, 7) is 6.33. The maximum atomic E-state index is 10.9. The molecule has 1 rings (SSSR count). The van der Waals surface area contributed by atoms with Crippen LogP contribution in [0.4, 0.5) is 5.69 Å². The van der Waals surface area contributed by atoms with Crippen LogP contribution in [0, 0.1) is 5.92 Å². The van der Waals surface area contributed by atoms with Gasteiger partial charge >= 0.3 is 5.97 Å². The Balaban J connectivity index is 2.76. The number of hydrogen-bond acceptors (Lipinski definition) is 3. The zero-order valence-electron chi connectivity index (χ0n) is 9.90. The molecule has 0 aromatic carbocycles. The molecular formula is C12H18N2O2. The van der Waals surface area contributed by atoms with E-state index < -0.39 is 5.97 Å². The molecule has 1 atom stereocenters. The largest absolute Gasteiger partial charge is 0.478 e. The van der Waals surface area contributed by atoms with Gasteiger partial charge in [-0.3, -0.25) is 4.98 Å². The lowest BCUT2D eigenvalue weighted by molar-refractivity contribution is 0.0697. The van der Waals surface area contributed by atoms with Crippen LogP contribution < -0.4 is 5.32 Å². The van der Waals surface area contributed by atoms with Crippen molar-refractivity contribution in [1.82, 2.24) is 4.98 Å². The minimum Gasteiger partial charge on any atom is -0.478 e. The van der Waals surface area contributed by atoms with Crippen LogP contribution >= 0.6 is 0 Å². The van der Waals surface area contributed by atoms with Crippen LogP contribution in [-0.2, 0) is 0 Å². The van der Waals surface area contributed by atoms with E-state index >= 15 is 0 Å². The third kappa shape index (κ3) is 3.53. The number of nitrogens with one attached hydrogen (secondary N) is 1. The fourth-order valence-electron chi connectivity index (χ4n) is 1.72. The topological polar surface area (TPSA) is 62.2 Å². The molecule has 0 spiro atoms. The summed E-state index contributed by atoms with van der Waals surface area (Å²) in [4.78, 5) is 14.8. The summed E-state index contributed by atoms with van der Waals surface area (Å²) in [6, 6.07) is 1.95. The molecule has 0 aliphatic heterocycles. The van der Waals surface area contributed by atoms with Crippen LogP contribution in [0.3, 0.4) is 0 Å². The van der Waals surface area contributed by atoms with Gasteiger partial charge in [-0.05, 0) is 25.3 Å². The van der Waals surface area contributed by atoms with Gasteiger partial charge in [0.05, 0.1) is 5.69 Å². The lowest BCUT2D eigenvalue weighted by Crippen LogP contribution is -2.19. The Kier molecular flexibility index (Phi) is 4.28. The second kappa shape index (κ2) is 5.49. The smallest absolute Gasteiger partial charge is 0.339 e. The molecule has 4 heteroatoms. The highest BCUT2D eigenvalue weighted by atomic mass is 16.4. The SMILES string of the molecule is CC(C)CC(C)Nc1ccncc1C(=O)O. The van der Waals surface area contributed by atoms with Gasteiger partial charge in [0.15, 0.2) is 0 Å². The molecule has 2 N–H and O–H groups in total. The third-order valence-electron chi connectivity index (χ3n) is 2.28. The van der Waals surface area contributed by atoms with Crippen molar-refractivity contribution in [3.63, 3.8) is 0 Å².